The van der Waals surface area contributed by atoms with Crippen molar-refractivity contribution in [2.45, 2.75) is 6.92 Å². The third-order valence-electron chi connectivity index (χ3n) is 3.11. The molecule has 104 valence electrons. The van der Waals surface area contributed by atoms with Crippen molar-refractivity contribution in [2.24, 2.45) is 5.10 Å². The molecular weight excluding hydrogens is 262 g/mol. The third kappa shape index (κ3) is 3.00. The Balaban J connectivity index is 1.88. The van der Waals surface area contributed by atoms with Crippen LogP contribution in [0.25, 0.3) is 10.9 Å². The number of hydrazone groups is 1. The number of aromatic nitrogens is 1. The first kappa shape index (κ1) is 13.1. The van der Waals surface area contributed by atoms with Crippen molar-refractivity contribution in [1.29, 1.82) is 0 Å². The normalized spacial score (nSPS) is 11.1. The standard InChI is InChI=1S/C17H15N3O/c1-12-9-17(15-7-2-3-8-16(15)19-12)20-18-11-13-5-4-6-14(21)10-13/h2-11,21H,1H3,(H,19,20)/b18-11+. The molecule has 0 unspecified atom stereocenters. The predicted molar refractivity (Wildman–Crippen MR) is 85.8 cm³/mol. The largest absolute Gasteiger partial charge is 0.508 e. The lowest BCUT2D eigenvalue weighted by Gasteiger charge is -2.06. The number of fused-ring (bicyclic) bond motifs is 1. The molecule has 0 aliphatic rings. The Hall–Kier alpha value is -2.88. The summed E-state index contributed by atoms with van der Waals surface area (Å²) in [7, 11) is 0. The van der Waals surface area contributed by atoms with Crippen molar-refractivity contribution in [2.75, 3.05) is 5.43 Å². The van der Waals surface area contributed by atoms with Crippen LogP contribution in [0.15, 0.2) is 59.7 Å². The van der Waals surface area contributed by atoms with Crippen molar-refractivity contribution in [3.8, 4) is 5.75 Å². The number of hydrogen-bond acceptors (Lipinski definition) is 4. The molecule has 3 rings (SSSR count). The smallest absolute Gasteiger partial charge is 0.116 e. The predicted octanol–water partition coefficient (Wildman–Crippen LogP) is 3.69. The van der Waals surface area contributed by atoms with E-state index in [1.54, 1.807) is 24.4 Å². The molecule has 4 nitrogen and oxygen atoms in total. The highest BCUT2D eigenvalue weighted by Gasteiger charge is 2.02. The molecule has 1 aromatic heterocycles. The Morgan fingerprint density at radius 2 is 1.95 bits per heavy atom. The molecule has 2 N–H and O–H groups in total. The Labute approximate surface area is 122 Å². The number of aromatic hydroxyl groups is 1. The molecule has 1 heterocycles. The van der Waals surface area contributed by atoms with Gasteiger partial charge in [-0.25, -0.2) is 0 Å². The fourth-order valence-electron chi connectivity index (χ4n) is 2.18. The van der Waals surface area contributed by atoms with Crippen LogP contribution in [0.2, 0.25) is 0 Å². The van der Waals surface area contributed by atoms with Crippen LogP contribution in [0.5, 0.6) is 5.75 Å². The monoisotopic (exact) mass is 277 g/mol. The van der Waals surface area contributed by atoms with E-state index in [0.29, 0.717) is 0 Å². The molecule has 2 aromatic carbocycles. The second kappa shape index (κ2) is 5.63. The third-order valence-corrected chi connectivity index (χ3v) is 3.11. The van der Waals surface area contributed by atoms with Gasteiger partial charge in [0.2, 0.25) is 0 Å². The molecule has 0 radical (unpaired) electrons. The quantitative estimate of drug-likeness (QED) is 0.567. The minimum Gasteiger partial charge on any atom is -0.508 e. The lowest BCUT2D eigenvalue weighted by Crippen LogP contribution is -1.94. The number of phenolic OH excluding ortho intramolecular Hbond substituents is 1. The molecule has 0 saturated carbocycles. The van der Waals surface area contributed by atoms with E-state index in [-0.39, 0.29) is 5.75 Å². The van der Waals surface area contributed by atoms with E-state index in [9.17, 15) is 5.11 Å². The Morgan fingerprint density at radius 3 is 2.81 bits per heavy atom. The molecule has 0 atom stereocenters. The number of anilines is 1. The summed E-state index contributed by atoms with van der Waals surface area (Å²) in [6.07, 6.45) is 1.67. The van der Waals surface area contributed by atoms with Crippen LogP contribution in [-0.4, -0.2) is 16.3 Å². The minimum absolute atomic E-state index is 0.226. The first-order valence-corrected chi connectivity index (χ1v) is 6.67. The van der Waals surface area contributed by atoms with Gasteiger partial charge in [-0.1, -0.05) is 30.3 Å². The first-order valence-electron chi connectivity index (χ1n) is 6.67. The van der Waals surface area contributed by atoms with Crippen LogP contribution in [0.4, 0.5) is 5.69 Å². The molecule has 0 bridgehead atoms. The van der Waals surface area contributed by atoms with Crippen LogP contribution < -0.4 is 5.43 Å². The number of aryl methyl sites for hydroxylation is 1. The second-order valence-electron chi connectivity index (χ2n) is 4.79. The van der Waals surface area contributed by atoms with Gasteiger partial charge >= 0.3 is 0 Å². The molecular formula is C17H15N3O. The molecule has 0 aliphatic heterocycles. The molecule has 21 heavy (non-hydrogen) atoms. The van der Waals surface area contributed by atoms with Gasteiger partial charge in [-0.15, -0.1) is 0 Å². The summed E-state index contributed by atoms with van der Waals surface area (Å²) in [6.45, 7) is 1.95. The first-order chi connectivity index (χ1) is 10.2. The van der Waals surface area contributed by atoms with E-state index in [4.69, 9.17) is 0 Å². The average molecular weight is 277 g/mol. The molecule has 4 heteroatoms. The van der Waals surface area contributed by atoms with Crippen LogP contribution in [0.1, 0.15) is 11.3 Å². The van der Waals surface area contributed by atoms with E-state index in [1.165, 1.54) is 0 Å². The SMILES string of the molecule is Cc1cc(N/N=C/c2cccc(O)c2)c2ccccc2n1. The van der Waals surface area contributed by atoms with Crippen molar-refractivity contribution in [3.63, 3.8) is 0 Å². The van der Waals surface area contributed by atoms with Crippen LogP contribution in [0, 0.1) is 6.92 Å². The van der Waals surface area contributed by atoms with E-state index >= 15 is 0 Å². The highest BCUT2D eigenvalue weighted by Crippen LogP contribution is 2.22. The molecule has 0 spiro atoms. The van der Waals surface area contributed by atoms with Gasteiger partial charge in [-0.3, -0.25) is 10.4 Å². The highest BCUT2D eigenvalue weighted by molar-refractivity contribution is 5.92. The van der Waals surface area contributed by atoms with Gasteiger partial charge in [0.25, 0.3) is 0 Å². The van der Waals surface area contributed by atoms with Gasteiger partial charge < -0.3 is 5.11 Å². The minimum atomic E-state index is 0.226. The lowest BCUT2D eigenvalue weighted by molar-refractivity contribution is 0.475. The van der Waals surface area contributed by atoms with Crippen LogP contribution >= 0.6 is 0 Å². The summed E-state index contributed by atoms with van der Waals surface area (Å²) < 4.78 is 0. The Bertz CT molecular complexity index is 812. The number of pyridine rings is 1. The zero-order valence-corrected chi connectivity index (χ0v) is 11.6. The number of rotatable bonds is 3. The number of hydrogen-bond donors (Lipinski definition) is 2. The average Bonchev–Trinajstić information content (AvgIpc) is 2.47. The summed E-state index contributed by atoms with van der Waals surface area (Å²) in [6, 6.07) is 16.8. The molecule has 3 aromatic rings. The molecule has 0 aliphatic carbocycles. The zero-order valence-electron chi connectivity index (χ0n) is 11.6. The van der Waals surface area contributed by atoms with Gasteiger partial charge in [0, 0.05) is 11.1 Å². The van der Waals surface area contributed by atoms with Gasteiger partial charge in [-0.05, 0) is 36.8 Å². The maximum atomic E-state index is 9.42. The maximum absolute atomic E-state index is 9.42. The van der Waals surface area contributed by atoms with Gasteiger partial charge in [0.05, 0.1) is 17.4 Å². The molecule has 0 amide bonds. The topological polar surface area (TPSA) is 57.5 Å². The van der Waals surface area contributed by atoms with Gasteiger partial charge in [0.15, 0.2) is 0 Å². The number of benzene rings is 2. The summed E-state index contributed by atoms with van der Waals surface area (Å²) in [4.78, 5) is 4.49. The Morgan fingerprint density at radius 1 is 1.10 bits per heavy atom. The number of nitrogens with zero attached hydrogens (tertiary/aromatic N) is 2. The second-order valence-corrected chi connectivity index (χ2v) is 4.79. The van der Waals surface area contributed by atoms with Gasteiger partial charge in [-0.2, -0.15) is 5.10 Å². The van der Waals surface area contributed by atoms with Crippen molar-refractivity contribution >= 4 is 22.8 Å². The fraction of sp³-hybridized carbons (Fsp3) is 0.0588. The maximum Gasteiger partial charge on any atom is 0.116 e. The fourth-order valence-corrected chi connectivity index (χ4v) is 2.18. The van der Waals surface area contributed by atoms with Crippen molar-refractivity contribution < 1.29 is 5.11 Å². The number of nitrogens with one attached hydrogen (secondary N) is 1. The summed E-state index contributed by atoms with van der Waals surface area (Å²) in [5, 5.41) is 14.7. The number of phenols is 1. The van der Waals surface area contributed by atoms with E-state index in [1.807, 2.05) is 43.3 Å². The highest BCUT2D eigenvalue weighted by atomic mass is 16.3. The van der Waals surface area contributed by atoms with E-state index < -0.39 is 0 Å². The zero-order chi connectivity index (χ0) is 14.7. The lowest BCUT2D eigenvalue weighted by atomic mass is 10.1. The van der Waals surface area contributed by atoms with E-state index in [2.05, 4.69) is 15.5 Å². The van der Waals surface area contributed by atoms with Crippen molar-refractivity contribution in [1.82, 2.24) is 4.98 Å². The molecule has 0 saturated heterocycles. The van der Waals surface area contributed by atoms with Gasteiger partial charge in [0.1, 0.15) is 5.75 Å². The van der Waals surface area contributed by atoms with Crippen LogP contribution in [0.3, 0.4) is 0 Å². The number of para-hydroxylation sites is 1. The van der Waals surface area contributed by atoms with Crippen LogP contribution in [-0.2, 0) is 0 Å². The summed E-state index contributed by atoms with van der Waals surface area (Å²) >= 11 is 0. The Kier molecular flexibility index (Phi) is 3.51. The summed E-state index contributed by atoms with van der Waals surface area (Å²) in [5.74, 6) is 0.226. The summed E-state index contributed by atoms with van der Waals surface area (Å²) in [5.41, 5.74) is 6.66. The van der Waals surface area contributed by atoms with Crippen molar-refractivity contribution in [3.05, 3.63) is 65.9 Å². The molecule has 0 fully saturated rings. The van der Waals surface area contributed by atoms with E-state index in [0.717, 1.165) is 27.8 Å².